The first kappa shape index (κ1) is 19.1. The normalized spacial score (nSPS) is 20.2. The molecular formula is C22H32N2O2. The summed E-state index contributed by atoms with van der Waals surface area (Å²) in [5.74, 6) is 1.43. The lowest BCUT2D eigenvalue weighted by Crippen LogP contribution is -2.46. The van der Waals surface area contributed by atoms with Gasteiger partial charge in [-0.2, -0.15) is 0 Å². The van der Waals surface area contributed by atoms with E-state index in [1.807, 2.05) is 4.90 Å². The van der Waals surface area contributed by atoms with Crippen LogP contribution in [0.25, 0.3) is 6.08 Å². The molecule has 0 radical (unpaired) electrons. The van der Waals surface area contributed by atoms with E-state index in [-0.39, 0.29) is 5.91 Å². The maximum atomic E-state index is 12.5. The van der Waals surface area contributed by atoms with Crippen LogP contribution in [0, 0.1) is 5.92 Å². The number of piperidine rings is 1. The maximum Gasteiger partial charge on any atom is 0.236 e. The summed E-state index contributed by atoms with van der Waals surface area (Å²) < 4.78 is 5.35. The number of hydrogen-bond acceptors (Lipinski definition) is 3. The Morgan fingerprint density at radius 2 is 1.77 bits per heavy atom. The molecule has 2 aliphatic rings. The van der Waals surface area contributed by atoms with E-state index < -0.39 is 0 Å². The SMILES string of the molecule is CC(C)c1ccc(C=CC2CCN(C(=O)CN3CCOCC3)CC2)cc1. The van der Waals surface area contributed by atoms with Gasteiger partial charge in [-0.15, -0.1) is 0 Å². The van der Waals surface area contributed by atoms with Gasteiger partial charge in [-0.05, 0) is 35.8 Å². The Balaban J connectivity index is 1.43. The minimum Gasteiger partial charge on any atom is -0.379 e. The van der Waals surface area contributed by atoms with E-state index >= 15 is 0 Å². The molecule has 2 heterocycles. The van der Waals surface area contributed by atoms with Crippen LogP contribution in [0.5, 0.6) is 0 Å². The third-order valence-electron chi connectivity index (χ3n) is 5.52. The highest BCUT2D eigenvalue weighted by Gasteiger charge is 2.23. The quantitative estimate of drug-likeness (QED) is 0.811. The number of benzene rings is 1. The van der Waals surface area contributed by atoms with Gasteiger partial charge in [0.2, 0.25) is 5.91 Å². The lowest BCUT2D eigenvalue weighted by atomic mass is 9.95. The Bertz CT molecular complexity index is 595. The number of ether oxygens (including phenoxy) is 1. The van der Waals surface area contributed by atoms with E-state index in [0.717, 1.165) is 52.2 Å². The first-order valence-electron chi connectivity index (χ1n) is 9.98. The van der Waals surface area contributed by atoms with Crippen LogP contribution in [0.1, 0.15) is 43.7 Å². The molecule has 0 spiro atoms. The smallest absolute Gasteiger partial charge is 0.236 e. The summed E-state index contributed by atoms with van der Waals surface area (Å²) in [6, 6.07) is 8.84. The number of carbonyl (C=O) groups excluding carboxylic acids is 1. The Morgan fingerprint density at radius 3 is 2.38 bits per heavy atom. The predicted molar refractivity (Wildman–Crippen MR) is 106 cm³/mol. The van der Waals surface area contributed by atoms with Crippen molar-refractivity contribution in [2.24, 2.45) is 5.92 Å². The van der Waals surface area contributed by atoms with Crippen molar-refractivity contribution in [2.75, 3.05) is 45.9 Å². The van der Waals surface area contributed by atoms with Gasteiger partial charge in [0.1, 0.15) is 0 Å². The van der Waals surface area contributed by atoms with Gasteiger partial charge in [0.25, 0.3) is 0 Å². The van der Waals surface area contributed by atoms with Crippen LogP contribution >= 0.6 is 0 Å². The Morgan fingerprint density at radius 1 is 1.12 bits per heavy atom. The number of hydrogen-bond donors (Lipinski definition) is 0. The summed E-state index contributed by atoms with van der Waals surface area (Å²) in [4.78, 5) is 16.7. The molecule has 1 aromatic carbocycles. The molecule has 0 N–H and O–H groups in total. The highest BCUT2D eigenvalue weighted by Crippen LogP contribution is 2.21. The van der Waals surface area contributed by atoms with Gasteiger partial charge in [0.15, 0.2) is 0 Å². The van der Waals surface area contributed by atoms with Crippen LogP contribution in [-0.4, -0.2) is 61.6 Å². The fourth-order valence-corrected chi connectivity index (χ4v) is 3.63. The zero-order chi connectivity index (χ0) is 18.4. The molecular weight excluding hydrogens is 324 g/mol. The molecule has 0 unspecified atom stereocenters. The van der Waals surface area contributed by atoms with Crippen molar-refractivity contribution in [2.45, 2.75) is 32.6 Å². The molecule has 0 aliphatic carbocycles. The number of nitrogens with zero attached hydrogens (tertiary/aromatic N) is 2. The molecule has 0 aromatic heterocycles. The molecule has 0 saturated carbocycles. The van der Waals surface area contributed by atoms with Crippen molar-refractivity contribution >= 4 is 12.0 Å². The van der Waals surface area contributed by atoms with E-state index in [1.165, 1.54) is 11.1 Å². The van der Waals surface area contributed by atoms with Crippen molar-refractivity contribution < 1.29 is 9.53 Å². The van der Waals surface area contributed by atoms with E-state index in [0.29, 0.717) is 18.4 Å². The van der Waals surface area contributed by atoms with Crippen LogP contribution in [0.2, 0.25) is 0 Å². The highest BCUT2D eigenvalue weighted by atomic mass is 16.5. The fraction of sp³-hybridized carbons (Fsp3) is 0.591. The van der Waals surface area contributed by atoms with Gasteiger partial charge in [-0.3, -0.25) is 9.69 Å². The highest BCUT2D eigenvalue weighted by molar-refractivity contribution is 5.78. The number of likely N-dealkylation sites (tertiary alicyclic amines) is 1. The molecule has 2 saturated heterocycles. The van der Waals surface area contributed by atoms with Crippen LogP contribution in [-0.2, 0) is 9.53 Å². The second-order valence-corrected chi connectivity index (χ2v) is 7.79. The molecule has 0 bridgehead atoms. The molecule has 4 nitrogen and oxygen atoms in total. The zero-order valence-electron chi connectivity index (χ0n) is 16.2. The summed E-state index contributed by atoms with van der Waals surface area (Å²) >= 11 is 0. The molecule has 142 valence electrons. The molecule has 26 heavy (non-hydrogen) atoms. The number of rotatable bonds is 5. The van der Waals surface area contributed by atoms with Gasteiger partial charge in [0, 0.05) is 26.2 Å². The van der Waals surface area contributed by atoms with Crippen molar-refractivity contribution in [1.29, 1.82) is 0 Å². The zero-order valence-corrected chi connectivity index (χ0v) is 16.2. The number of carbonyl (C=O) groups is 1. The summed E-state index contributed by atoms with van der Waals surface area (Å²) in [6.07, 6.45) is 6.69. The van der Waals surface area contributed by atoms with Gasteiger partial charge < -0.3 is 9.64 Å². The van der Waals surface area contributed by atoms with Gasteiger partial charge >= 0.3 is 0 Å². The Labute approximate surface area is 157 Å². The summed E-state index contributed by atoms with van der Waals surface area (Å²) in [5.41, 5.74) is 2.65. The topological polar surface area (TPSA) is 32.8 Å². The molecule has 0 atom stereocenters. The second-order valence-electron chi connectivity index (χ2n) is 7.79. The van der Waals surface area contributed by atoms with Crippen molar-refractivity contribution in [3.63, 3.8) is 0 Å². The number of amides is 1. The molecule has 4 heteroatoms. The molecule has 3 rings (SSSR count). The van der Waals surface area contributed by atoms with E-state index in [1.54, 1.807) is 0 Å². The third-order valence-corrected chi connectivity index (χ3v) is 5.52. The van der Waals surface area contributed by atoms with Crippen LogP contribution in [0.3, 0.4) is 0 Å². The second kappa shape index (κ2) is 9.33. The van der Waals surface area contributed by atoms with Gasteiger partial charge in [-0.1, -0.05) is 50.3 Å². The van der Waals surface area contributed by atoms with Gasteiger partial charge in [0.05, 0.1) is 19.8 Å². The van der Waals surface area contributed by atoms with E-state index in [4.69, 9.17) is 4.74 Å². The van der Waals surface area contributed by atoms with Crippen LogP contribution < -0.4 is 0 Å². The van der Waals surface area contributed by atoms with E-state index in [9.17, 15) is 4.79 Å². The molecule has 1 aromatic rings. The first-order chi connectivity index (χ1) is 12.6. The predicted octanol–water partition coefficient (Wildman–Crippen LogP) is 3.39. The molecule has 2 aliphatic heterocycles. The lowest BCUT2D eigenvalue weighted by molar-refractivity contribution is -0.134. The minimum atomic E-state index is 0.276. The molecule has 2 fully saturated rings. The number of morpholine rings is 1. The van der Waals surface area contributed by atoms with Crippen LogP contribution in [0.4, 0.5) is 0 Å². The third kappa shape index (κ3) is 5.42. The van der Waals surface area contributed by atoms with Crippen molar-refractivity contribution in [1.82, 2.24) is 9.80 Å². The minimum absolute atomic E-state index is 0.276. The maximum absolute atomic E-state index is 12.5. The van der Waals surface area contributed by atoms with E-state index in [2.05, 4.69) is 55.2 Å². The monoisotopic (exact) mass is 356 g/mol. The lowest BCUT2D eigenvalue weighted by Gasteiger charge is -2.33. The fourth-order valence-electron chi connectivity index (χ4n) is 3.63. The Hall–Kier alpha value is -1.65. The Kier molecular flexibility index (Phi) is 6.86. The number of allylic oxidation sites excluding steroid dienone is 1. The first-order valence-corrected chi connectivity index (χ1v) is 9.98. The van der Waals surface area contributed by atoms with Gasteiger partial charge in [-0.25, -0.2) is 0 Å². The largest absolute Gasteiger partial charge is 0.379 e. The summed E-state index contributed by atoms with van der Waals surface area (Å²) in [5, 5.41) is 0. The summed E-state index contributed by atoms with van der Waals surface area (Å²) in [7, 11) is 0. The summed E-state index contributed by atoms with van der Waals surface area (Å²) in [6.45, 7) is 10.00. The van der Waals surface area contributed by atoms with Crippen molar-refractivity contribution in [3.8, 4) is 0 Å². The molecule has 1 amide bonds. The van der Waals surface area contributed by atoms with Crippen LogP contribution in [0.15, 0.2) is 30.3 Å². The average Bonchev–Trinajstić information content (AvgIpc) is 2.68. The average molecular weight is 357 g/mol. The standard InChI is InChI=1S/C22H32N2O2/c1-18(2)21-7-5-19(6-8-21)3-4-20-9-11-24(12-10-20)22(25)17-23-13-15-26-16-14-23/h3-8,18,20H,9-17H2,1-2H3. The van der Waals surface area contributed by atoms with Crippen molar-refractivity contribution in [3.05, 3.63) is 41.5 Å².